The number of carbonyl (C=O) groups excluding carboxylic acids is 1. The molecule has 1 N–H and O–H groups in total. The number of anilines is 2. The molecule has 4 rings (SSSR count). The summed E-state index contributed by atoms with van der Waals surface area (Å²) in [7, 11) is 0. The number of fused-ring (bicyclic) bond motifs is 1. The minimum Gasteiger partial charge on any atom is -0.360 e. The Kier molecular flexibility index (Phi) is 4.53. The number of amides is 1. The summed E-state index contributed by atoms with van der Waals surface area (Å²) in [5, 5.41) is 4.80. The van der Waals surface area contributed by atoms with Crippen LogP contribution in [0.1, 0.15) is 22.1 Å². The van der Waals surface area contributed by atoms with Gasteiger partial charge in [-0.2, -0.15) is 0 Å². The van der Waals surface area contributed by atoms with Crippen LogP contribution in [0.2, 0.25) is 15.1 Å². The summed E-state index contributed by atoms with van der Waals surface area (Å²) < 4.78 is 0. The molecule has 1 aliphatic rings. The van der Waals surface area contributed by atoms with Crippen molar-refractivity contribution >= 4 is 52.1 Å². The van der Waals surface area contributed by atoms with Crippen molar-refractivity contribution in [1.82, 2.24) is 0 Å². The van der Waals surface area contributed by atoms with E-state index in [1.807, 2.05) is 36.4 Å². The van der Waals surface area contributed by atoms with E-state index in [0.717, 1.165) is 11.3 Å². The van der Waals surface area contributed by atoms with Gasteiger partial charge in [-0.3, -0.25) is 9.69 Å². The van der Waals surface area contributed by atoms with Crippen molar-refractivity contribution < 1.29 is 4.79 Å². The van der Waals surface area contributed by atoms with Gasteiger partial charge in [0.1, 0.15) is 6.17 Å². The standard InChI is InChI=1S/C20H13Cl3N2O/c21-15-7-3-1-5-13(15)19-24-18-8-4-2-6-14(18)20(26)25(19)12-9-10-16(22)17(23)11-12/h1-11,19,24H. The minimum absolute atomic E-state index is 0.136. The number of hydrogen-bond acceptors (Lipinski definition) is 2. The van der Waals surface area contributed by atoms with Crippen LogP contribution in [-0.4, -0.2) is 5.91 Å². The molecule has 0 aliphatic carbocycles. The highest BCUT2D eigenvalue weighted by Crippen LogP contribution is 2.40. The van der Waals surface area contributed by atoms with Crippen molar-refractivity contribution in [1.29, 1.82) is 0 Å². The summed E-state index contributed by atoms with van der Waals surface area (Å²) in [6.45, 7) is 0. The molecular weight excluding hydrogens is 391 g/mol. The van der Waals surface area contributed by atoms with Crippen LogP contribution in [0, 0.1) is 0 Å². The molecular formula is C20H13Cl3N2O. The van der Waals surface area contributed by atoms with Gasteiger partial charge in [-0.15, -0.1) is 0 Å². The van der Waals surface area contributed by atoms with Crippen molar-refractivity contribution in [2.24, 2.45) is 0 Å². The fourth-order valence-corrected chi connectivity index (χ4v) is 3.60. The number of nitrogens with one attached hydrogen (secondary N) is 1. The Morgan fingerprint density at radius 1 is 0.808 bits per heavy atom. The Labute approximate surface area is 166 Å². The third-order valence-electron chi connectivity index (χ3n) is 4.31. The smallest absolute Gasteiger partial charge is 0.262 e. The highest BCUT2D eigenvalue weighted by Gasteiger charge is 2.35. The maximum Gasteiger partial charge on any atom is 0.262 e. The first-order valence-corrected chi connectivity index (χ1v) is 9.08. The van der Waals surface area contributed by atoms with Gasteiger partial charge in [0.25, 0.3) is 5.91 Å². The van der Waals surface area contributed by atoms with Crippen LogP contribution >= 0.6 is 34.8 Å². The van der Waals surface area contributed by atoms with E-state index in [2.05, 4.69) is 5.32 Å². The zero-order valence-electron chi connectivity index (χ0n) is 13.4. The molecule has 1 amide bonds. The van der Waals surface area contributed by atoms with E-state index in [-0.39, 0.29) is 5.91 Å². The molecule has 130 valence electrons. The van der Waals surface area contributed by atoms with Crippen LogP contribution in [-0.2, 0) is 0 Å². The quantitative estimate of drug-likeness (QED) is 0.535. The highest BCUT2D eigenvalue weighted by molar-refractivity contribution is 6.42. The van der Waals surface area contributed by atoms with Crippen LogP contribution in [0.5, 0.6) is 0 Å². The van der Waals surface area contributed by atoms with Crippen LogP contribution < -0.4 is 10.2 Å². The van der Waals surface area contributed by atoms with Crippen molar-refractivity contribution in [3.63, 3.8) is 0 Å². The zero-order chi connectivity index (χ0) is 18.3. The van der Waals surface area contributed by atoms with Crippen molar-refractivity contribution in [3.05, 3.63) is 92.9 Å². The van der Waals surface area contributed by atoms with Gasteiger partial charge in [-0.05, 0) is 36.4 Å². The van der Waals surface area contributed by atoms with E-state index in [1.165, 1.54) is 0 Å². The van der Waals surface area contributed by atoms with Gasteiger partial charge in [0.15, 0.2) is 0 Å². The van der Waals surface area contributed by atoms with Crippen LogP contribution in [0.4, 0.5) is 11.4 Å². The molecule has 0 saturated heterocycles. The Balaban J connectivity index is 1.90. The molecule has 6 heteroatoms. The summed E-state index contributed by atoms with van der Waals surface area (Å²) in [4.78, 5) is 14.9. The summed E-state index contributed by atoms with van der Waals surface area (Å²) in [6, 6.07) is 20.0. The second-order valence-electron chi connectivity index (χ2n) is 5.89. The molecule has 1 unspecified atom stereocenters. The average molecular weight is 404 g/mol. The predicted molar refractivity (Wildman–Crippen MR) is 108 cm³/mol. The van der Waals surface area contributed by atoms with Gasteiger partial charge in [0.2, 0.25) is 0 Å². The molecule has 0 aromatic heterocycles. The van der Waals surface area contributed by atoms with E-state index < -0.39 is 6.17 Å². The normalized spacial score (nSPS) is 16.2. The van der Waals surface area contributed by atoms with Gasteiger partial charge < -0.3 is 5.32 Å². The molecule has 1 heterocycles. The highest BCUT2D eigenvalue weighted by atomic mass is 35.5. The Bertz CT molecular complexity index is 1010. The van der Waals surface area contributed by atoms with E-state index in [1.54, 1.807) is 35.2 Å². The van der Waals surface area contributed by atoms with Gasteiger partial charge in [-0.1, -0.05) is 65.1 Å². The lowest BCUT2D eigenvalue weighted by molar-refractivity contribution is 0.0975. The minimum atomic E-state index is -0.469. The third kappa shape index (κ3) is 2.92. The lowest BCUT2D eigenvalue weighted by Gasteiger charge is -2.38. The Morgan fingerprint density at radius 3 is 2.31 bits per heavy atom. The van der Waals surface area contributed by atoms with Gasteiger partial charge in [0.05, 0.1) is 15.6 Å². The first-order chi connectivity index (χ1) is 12.6. The van der Waals surface area contributed by atoms with Crippen molar-refractivity contribution in [2.75, 3.05) is 10.2 Å². The largest absolute Gasteiger partial charge is 0.360 e. The molecule has 3 aromatic carbocycles. The summed E-state index contributed by atoms with van der Waals surface area (Å²) in [5.41, 5.74) is 2.78. The molecule has 26 heavy (non-hydrogen) atoms. The topological polar surface area (TPSA) is 32.3 Å². The fraction of sp³-hybridized carbons (Fsp3) is 0.0500. The fourth-order valence-electron chi connectivity index (χ4n) is 3.07. The number of hydrogen-bond donors (Lipinski definition) is 1. The Hall–Kier alpha value is -2.20. The monoisotopic (exact) mass is 402 g/mol. The van der Waals surface area contributed by atoms with Gasteiger partial charge >= 0.3 is 0 Å². The molecule has 3 nitrogen and oxygen atoms in total. The zero-order valence-corrected chi connectivity index (χ0v) is 15.7. The summed E-state index contributed by atoms with van der Waals surface area (Å²) >= 11 is 18.6. The first-order valence-electron chi connectivity index (χ1n) is 7.95. The third-order valence-corrected chi connectivity index (χ3v) is 5.39. The molecule has 0 spiro atoms. The van der Waals surface area contributed by atoms with Gasteiger partial charge in [0, 0.05) is 22.0 Å². The van der Waals surface area contributed by atoms with Crippen LogP contribution in [0.3, 0.4) is 0 Å². The number of carbonyl (C=O) groups is 1. The average Bonchev–Trinajstić information content (AvgIpc) is 2.65. The maximum atomic E-state index is 13.3. The van der Waals surface area contributed by atoms with E-state index in [4.69, 9.17) is 34.8 Å². The SMILES string of the molecule is O=C1c2ccccc2NC(c2ccccc2Cl)N1c1ccc(Cl)c(Cl)c1. The van der Waals surface area contributed by atoms with Crippen LogP contribution in [0.25, 0.3) is 0 Å². The molecule has 0 bridgehead atoms. The van der Waals surface area contributed by atoms with E-state index in [0.29, 0.717) is 26.3 Å². The number of para-hydroxylation sites is 1. The Morgan fingerprint density at radius 2 is 1.54 bits per heavy atom. The summed E-state index contributed by atoms with van der Waals surface area (Å²) in [6.07, 6.45) is -0.469. The number of halogens is 3. The first kappa shape index (κ1) is 17.2. The van der Waals surface area contributed by atoms with E-state index >= 15 is 0 Å². The number of benzene rings is 3. The van der Waals surface area contributed by atoms with Gasteiger partial charge in [-0.25, -0.2) is 0 Å². The van der Waals surface area contributed by atoms with Crippen molar-refractivity contribution in [2.45, 2.75) is 6.17 Å². The molecule has 1 atom stereocenters. The van der Waals surface area contributed by atoms with Crippen LogP contribution in [0.15, 0.2) is 66.7 Å². The number of rotatable bonds is 2. The second kappa shape index (κ2) is 6.84. The molecule has 1 aliphatic heterocycles. The van der Waals surface area contributed by atoms with E-state index in [9.17, 15) is 4.79 Å². The molecule has 0 fully saturated rings. The molecule has 0 radical (unpaired) electrons. The van der Waals surface area contributed by atoms with Crippen molar-refractivity contribution in [3.8, 4) is 0 Å². The lowest BCUT2D eigenvalue weighted by Crippen LogP contribution is -2.43. The second-order valence-corrected chi connectivity index (χ2v) is 7.11. The predicted octanol–water partition coefficient (Wildman–Crippen LogP) is 6.42. The molecule has 3 aromatic rings. The summed E-state index contributed by atoms with van der Waals surface area (Å²) in [5.74, 6) is -0.136. The maximum absolute atomic E-state index is 13.3. The lowest BCUT2D eigenvalue weighted by atomic mass is 10.0. The number of nitrogens with zero attached hydrogens (tertiary/aromatic N) is 1. The molecule has 0 saturated carbocycles.